The fourth-order valence-electron chi connectivity index (χ4n) is 5.99. The largest absolute Gasteiger partial charge is 0.494 e. The van der Waals surface area contributed by atoms with Gasteiger partial charge in [0.05, 0.1) is 17.2 Å². The highest BCUT2D eigenvalue weighted by Gasteiger charge is 2.51. The van der Waals surface area contributed by atoms with Gasteiger partial charge in [0.15, 0.2) is 5.78 Å². The number of nitrogens with one attached hydrogen (secondary N) is 2. The normalized spacial score (nSPS) is 17.6. The number of aryl methyl sites for hydroxylation is 1. The lowest BCUT2D eigenvalue weighted by molar-refractivity contribution is -0.129. The Morgan fingerprint density at radius 3 is 1.89 bits per heavy atom. The molecule has 1 heterocycles. The Morgan fingerprint density at radius 2 is 1.35 bits per heavy atom. The highest BCUT2D eigenvalue weighted by atomic mass is 16.7. The third kappa shape index (κ3) is 7.06. The van der Waals surface area contributed by atoms with Gasteiger partial charge in [-0.05, 0) is 80.2 Å². The van der Waals surface area contributed by atoms with Gasteiger partial charge >= 0.3 is 13.2 Å². The molecule has 1 fully saturated rings. The number of ketones is 1. The van der Waals surface area contributed by atoms with E-state index in [-0.39, 0.29) is 30.6 Å². The van der Waals surface area contributed by atoms with Crippen LogP contribution in [0.3, 0.4) is 0 Å². The number of carbonyl (C=O) groups is 3. The standard InChI is InChI=1S/C37H45BN2O6/c1-23(2)33(40-35(43)44-22-31-29-14-10-8-12-27(29)28-13-9-11-15-30(28)31)34(42)39-24(3)32(41)21-18-25-16-19-26(20-17-25)38-45-36(4,5)37(6,7)46-38/h8-17,19-20,23-24,31,33H,18,21-22H2,1-7H3,(H,39,42)(H,40,43). The summed E-state index contributed by atoms with van der Waals surface area (Å²) in [7, 11) is -0.438. The Labute approximate surface area is 272 Å². The molecule has 0 bridgehead atoms. The maximum atomic E-state index is 13.2. The van der Waals surface area contributed by atoms with Gasteiger partial charge in [0.1, 0.15) is 12.6 Å². The molecule has 2 unspecified atom stereocenters. The minimum absolute atomic E-state index is 0.0815. The molecule has 0 aromatic heterocycles. The first-order valence-electron chi connectivity index (χ1n) is 16.2. The summed E-state index contributed by atoms with van der Waals surface area (Å²) in [4.78, 5) is 39.1. The number of benzene rings is 3. The Bertz CT molecular complexity index is 1520. The minimum atomic E-state index is -0.853. The predicted molar refractivity (Wildman–Crippen MR) is 180 cm³/mol. The van der Waals surface area contributed by atoms with Crippen molar-refractivity contribution in [2.45, 2.75) is 90.5 Å². The average molecular weight is 625 g/mol. The van der Waals surface area contributed by atoms with Crippen molar-refractivity contribution in [1.82, 2.24) is 10.6 Å². The topological polar surface area (TPSA) is 103 Å². The van der Waals surface area contributed by atoms with Gasteiger partial charge in [-0.2, -0.15) is 0 Å². The van der Waals surface area contributed by atoms with Crippen LogP contribution >= 0.6 is 0 Å². The summed E-state index contributed by atoms with van der Waals surface area (Å²) >= 11 is 0. The average Bonchev–Trinajstić information content (AvgIpc) is 3.46. The van der Waals surface area contributed by atoms with E-state index in [2.05, 4.69) is 34.9 Å². The molecule has 1 aliphatic heterocycles. The molecule has 1 aliphatic carbocycles. The van der Waals surface area contributed by atoms with E-state index in [0.717, 1.165) is 33.3 Å². The molecular weight excluding hydrogens is 579 g/mol. The summed E-state index contributed by atoms with van der Waals surface area (Å²) in [5.41, 5.74) is 5.62. The van der Waals surface area contributed by atoms with E-state index in [9.17, 15) is 14.4 Å². The molecule has 46 heavy (non-hydrogen) atoms. The van der Waals surface area contributed by atoms with E-state index in [1.54, 1.807) is 6.92 Å². The van der Waals surface area contributed by atoms with Crippen molar-refractivity contribution < 1.29 is 28.4 Å². The SMILES string of the molecule is CC(NC(=O)C(NC(=O)OCC1c2ccccc2-c2ccccc21)C(C)C)C(=O)CCc1ccc(B2OC(C)(C)C(C)(C)O2)cc1. The Kier molecular flexibility index (Phi) is 9.75. The van der Waals surface area contributed by atoms with Gasteiger partial charge in [-0.3, -0.25) is 9.59 Å². The number of hydrogen-bond acceptors (Lipinski definition) is 6. The van der Waals surface area contributed by atoms with Gasteiger partial charge < -0.3 is 24.7 Å². The molecule has 2 aliphatic rings. The lowest BCUT2D eigenvalue weighted by atomic mass is 9.78. The molecule has 3 aromatic carbocycles. The van der Waals surface area contributed by atoms with Gasteiger partial charge in [0, 0.05) is 12.3 Å². The van der Waals surface area contributed by atoms with E-state index < -0.39 is 42.4 Å². The summed E-state index contributed by atoms with van der Waals surface area (Å²) in [6.07, 6.45) is 0.135. The van der Waals surface area contributed by atoms with Gasteiger partial charge in [-0.25, -0.2) is 4.79 Å². The fraction of sp³-hybridized carbons (Fsp3) is 0.432. The van der Waals surface area contributed by atoms with E-state index in [1.807, 2.05) is 90.1 Å². The number of rotatable bonds is 11. The third-order valence-electron chi connectivity index (χ3n) is 9.57. The van der Waals surface area contributed by atoms with Crippen LogP contribution in [0.1, 0.15) is 77.5 Å². The molecule has 9 heteroatoms. The van der Waals surface area contributed by atoms with Crippen LogP contribution in [0.2, 0.25) is 0 Å². The number of amides is 2. The number of hydrogen-bond donors (Lipinski definition) is 2. The van der Waals surface area contributed by atoms with Gasteiger partial charge in [0.2, 0.25) is 5.91 Å². The van der Waals surface area contributed by atoms with Crippen molar-refractivity contribution in [2.75, 3.05) is 6.61 Å². The summed E-state index contributed by atoms with van der Waals surface area (Å²) in [5.74, 6) is -0.810. The molecule has 3 aromatic rings. The molecule has 2 atom stereocenters. The molecule has 5 rings (SSSR count). The van der Waals surface area contributed by atoms with E-state index in [0.29, 0.717) is 6.42 Å². The second-order valence-corrected chi connectivity index (χ2v) is 13.7. The second-order valence-electron chi connectivity index (χ2n) is 13.7. The number of ether oxygens (including phenoxy) is 1. The molecule has 2 N–H and O–H groups in total. The van der Waals surface area contributed by atoms with Crippen LogP contribution < -0.4 is 16.1 Å². The minimum Gasteiger partial charge on any atom is -0.449 e. The second kappa shape index (κ2) is 13.4. The van der Waals surface area contributed by atoms with E-state index >= 15 is 0 Å². The highest BCUT2D eigenvalue weighted by Crippen LogP contribution is 2.44. The third-order valence-corrected chi connectivity index (χ3v) is 9.57. The van der Waals surface area contributed by atoms with Gasteiger partial charge in [-0.1, -0.05) is 86.6 Å². The molecule has 2 amide bonds. The first-order chi connectivity index (χ1) is 21.8. The monoisotopic (exact) mass is 624 g/mol. The lowest BCUT2D eigenvalue weighted by Crippen LogP contribution is -2.53. The molecule has 0 saturated carbocycles. The Hall–Kier alpha value is -3.95. The van der Waals surface area contributed by atoms with Crippen LogP contribution in [0, 0.1) is 5.92 Å². The maximum Gasteiger partial charge on any atom is 0.494 e. The van der Waals surface area contributed by atoms with Crippen LogP contribution in [0.25, 0.3) is 11.1 Å². The van der Waals surface area contributed by atoms with Crippen molar-refractivity contribution in [1.29, 1.82) is 0 Å². The van der Waals surface area contributed by atoms with Crippen molar-refractivity contribution >= 4 is 30.4 Å². The molecule has 8 nitrogen and oxygen atoms in total. The van der Waals surface area contributed by atoms with Crippen LogP contribution in [0.5, 0.6) is 0 Å². The molecule has 1 saturated heterocycles. The van der Waals surface area contributed by atoms with Crippen LogP contribution in [-0.4, -0.2) is 54.8 Å². The van der Waals surface area contributed by atoms with Crippen LogP contribution in [-0.2, 0) is 30.1 Å². The molecular formula is C37H45BN2O6. The van der Waals surface area contributed by atoms with Crippen molar-refractivity contribution in [2.24, 2.45) is 5.92 Å². The van der Waals surface area contributed by atoms with E-state index in [1.165, 1.54) is 0 Å². The number of carbonyl (C=O) groups excluding carboxylic acids is 3. The molecule has 0 radical (unpaired) electrons. The number of alkyl carbamates (subject to hydrolysis) is 1. The van der Waals surface area contributed by atoms with Crippen LogP contribution in [0.15, 0.2) is 72.8 Å². The first kappa shape index (κ1) is 33.4. The predicted octanol–water partition coefficient (Wildman–Crippen LogP) is 5.56. The highest BCUT2D eigenvalue weighted by molar-refractivity contribution is 6.62. The van der Waals surface area contributed by atoms with Crippen molar-refractivity contribution in [3.05, 3.63) is 89.5 Å². The fourth-order valence-corrected chi connectivity index (χ4v) is 5.99. The van der Waals surface area contributed by atoms with Crippen LogP contribution in [0.4, 0.5) is 4.79 Å². The summed E-state index contributed by atoms with van der Waals surface area (Å²) in [5, 5.41) is 5.52. The quantitative estimate of drug-likeness (QED) is 0.271. The zero-order valence-corrected chi connectivity index (χ0v) is 27.9. The molecule has 0 spiro atoms. The van der Waals surface area contributed by atoms with Crippen molar-refractivity contribution in [3.8, 4) is 11.1 Å². The zero-order valence-electron chi connectivity index (χ0n) is 27.9. The first-order valence-corrected chi connectivity index (χ1v) is 16.2. The van der Waals surface area contributed by atoms with Gasteiger partial charge in [-0.15, -0.1) is 0 Å². The van der Waals surface area contributed by atoms with Crippen molar-refractivity contribution in [3.63, 3.8) is 0 Å². The van der Waals surface area contributed by atoms with E-state index in [4.69, 9.17) is 14.0 Å². The molecule has 242 valence electrons. The number of fused-ring (bicyclic) bond motifs is 3. The maximum absolute atomic E-state index is 13.2. The lowest BCUT2D eigenvalue weighted by Gasteiger charge is -2.32. The van der Waals surface area contributed by atoms with Gasteiger partial charge in [0.25, 0.3) is 0 Å². The number of Topliss-reactive ketones (excluding diaryl/α,β-unsaturated/α-hetero) is 1. The zero-order chi connectivity index (χ0) is 33.2. The summed E-state index contributed by atoms with van der Waals surface area (Å²) < 4.78 is 17.9. The smallest absolute Gasteiger partial charge is 0.449 e. The summed E-state index contributed by atoms with van der Waals surface area (Å²) in [6.45, 7) is 13.6. The Balaban J connectivity index is 1.10. The summed E-state index contributed by atoms with van der Waals surface area (Å²) in [6, 6.07) is 22.6. The Morgan fingerprint density at radius 1 is 0.804 bits per heavy atom.